The Kier molecular flexibility index (Phi) is 11.4. The predicted octanol–water partition coefficient (Wildman–Crippen LogP) is 10.0. The monoisotopic (exact) mass is 755 g/mol. The van der Waals surface area contributed by atoms with E-state index in [2.05, 4.69) is 151 Å². The largest absolute Gasteiger partial charge is 0.194 e. The molecule has 0 aromatic rings. The predicted molar refractivity (Wildman–Crippen MR) is 143 cm³/mol. The minimum atomic E-state index is -1.68. The van der Waals surface area contributed by atoms with Crippen molar-refractivity contribution in [3.05, 3.63) is 0 Å². The van der Waals surface area contributed by atoms with Gasteiger partial charge in [0.2, 0.25) is 0 Å². The molecule has 0 nitrogen and oxygen atoms in total. The maximum Gasteiger partial charge on any atom is 0.194 e. The van der Waals surface area contributed by atoms with E-state index in [9.17, 15) is 0 Å². The Morgan fingerprint density at radius 2 is 0.880 bits per heavy atom. The zero-order chi connectivity index (χ0) is 20.5. The van der Waals surface area contributed by atoms with E-state index in [1.54, 1.807) is 0 Å². The molecule has 0 fully saturated rings. The van der Waals surface area contributed by atoms with Crippen LogP contribution in [0.1, 0.15) is 55.4 Å². The highest BCUT2D eigenvalue weighted by atomic mass is 79.9. The molecule has 0 amide bonds. The van der Waals surface area contributed by atoms with Crippen LogP contribution >= 0.6 is 103 Å². The first-order chi connectivity index (χ1) is 11.0. The highest BCUT2D eigenvalue weighted by molar-refractivity contribution is 9.30. The molecule has 152 valence electrons. The fraction of sp³-hybridized carbons (Fsp3) is 1.00. The summed E-state index contributed by atoms with van der Waals surface area (Å²) in [6.45, 7) is 18.8. The lowest BCUT2D eigenvalue weighted by Crippen LogP contribution is -2.50. The van der Waals surface area contributed by atoms with Gasteiger partial charge in [0, 0.05) is 21.5 Å². The van der Waals surface area contributed by atoms with Crippen LogP contribution in [-0.2, 0) is 0 Å². The van der Waals surface area contributed by atoms with Crippen molar-refractivity contribution in [2.75, 3.05) is 23.0 Å². The van der Waals surface area contributed by atoms with Crippen LogP contribution in [-0.4, -0.2) is 28.9 Å². The van der Waals surface area contributed by atoms with Gasteiger partial charge in [-0.15, -0.1) is 0 Å². The summed E-state index contributed by atoms with van der Waals surface area (Å²) in [6.07, 6.45) is 2.40. The second-order valence-electron chi connectivity index (χ2n) is 9.24. The van der Waals surface area contributed by atoms with Gasteiger partial charge >= 0.3 is 0 Å². The minimum absolute atomic E-state index is 0.0414. The Hall–Kier alpha value is 3.31. The van der Waals surface area contributed by atoms with Crippen molar-refractivity contribution >= 4 is 103 Å². The van der Waals surface area contributed by atoms with Gasteiger partial charge in [0.25, 0.3) is 0 Å². The molecule has 0 atom stereocenters. The Labute approximate surface area is 207 Å². The van der Waals surface area contributed by atoms with Gasteiger partial charge < -0.3 is 0 Å². The molecular formula is C18H34Br6P+. The molecule has 0 radical (unpaired) electrons. The van der Waals surface area contributed by atoms with E-state index in [0.29, 0.717) is 11.8 Å². The van der Waals surface area contributed by atoms with Crippen LogP contribution in [0.25, 0.3) is 0 Å². The van der Waals surface area contributed by atoms with Crippen LogP contribution in [0.15, 0.2) is 0 Å². The molecule has 0 saturated carbocycles. The zero-order valence-electron chi connectivity index (χ0n) is 16.7. The zero-order valence-corrected chi connectivity index (χ0v) is 27.1. The fourth-order valence-electron chi connectivity index (χ4n) is 3.28. The van der Waals surface area contributed by atoms with Crippen molar-refractivity contribution in [1.29, 1.82) is 0 Å². The number of hydrogen-bond donors (Lipinski definition) is 0. The standard InChI is InChI=1S/C18H34Br6P/c1-13(2)9-25(10-14(3)4,17(21,22)15(5,6)11-19)18(23,24)16(7,8)12-20/h13-14H,9-12H2,1-8H3/q+1. The van der Waals surface area contributed by atoms with Crippen molar-refractivity contribution in [3.63, 3.8) is 0 Å². The number of hydrogen-bond acceptors (Lipinski definition) is 0. The van der Waals surface area contributed by atoms with Crippen LogP contribution in [0, 0.1) is 22.7 Å². The van der Waals surface area contributed by atoms with Gasteiger partial charge in [-0.2, -0.15) is 0 Å². The van der Waals surface area contributed by atoms with Gasteiger partial charge in [0.15, 0.2) is 5.95 Å². The summed E-state index contributed by atoms with van der Waals surface area (Å²) in [5.41, 5.74) is 0.0828. The third-order valence-corrected chi connectivity index (χ3v) is 26.0. The lowest BCUT2D eigenvalue weighted by atomic mass is 9.99. The number of alkyl halides is 6. The molecule has 0 aromatic carbocycles. The summed E-state index contributed by atoms with van der Waals surface area (Å²) in [5.74, 6) is 1.24. The lowest BCUT2D eigenvalue weighted by Gasteiger charge is -2.56. The van der Waals surface area contributed by atoms with Crippen molar-refractivity contribution in [2.24, 2.45) is 22.7 Å². The lowest BCUT2D eigenvalue weighted by molar-refractivity contribution is 0.425. The van der Waals surface area contributed by atoms with Crippen LogP contribution < -0.4 is 0 Å². The van der Waals surface area contributed by atoms with Crippen LogP contribution in [0.4, 0.5) is 0 Å². The van der Waals surface area contributed by atoms with Crippen LogP contribution in [0.2, 0.25) is 0 Å². The van der Waals surface area contributed by atoms with Crippen molar-refractivity contribution in [3.8, 4) is 0 Å². The molecule has 25 heavy (non-hydrogen) atoms. The summed E-state index contributed by atoms with van der Waals surface area (Å²) < 4.78 is -0.324. The third-order valence-electron chi connectivity index (χ3n) is 4.73. The average Bonchev–Trinajstić information content (AvgIpc) is 2.44. The molecule has 0 unspecified atom stereocenters. The topological polar surface area (TPSA) is 0 Å². The van der Waals surface area contributed by atoms with Gasteiger partial charge in [0.05, 0.1) is 19.6 Å². The first kappa shape index (κ1) is 28.3. The summed E-state index contributed by atoms with van der Waals surface area (Å²) in [7, 11) is -1.68. The number of halogens is 6. The molecule has 0 spiro atoms. The van der Waals surface area contributed by atoms with E-state index in [1.165, 1.54) is 12.3 Å². The quantitative estimate of drug-likeness (QED) is 0.154. The Balaban J connectivity index is 6.85. The van der Waals surface area contributed by atoms with Gasteiger partial charge in [-0.3, -0.25) is 0 Å². The summed E-state index contributed by atoms with van der Waals surface area (Å²) in [5, 5.41) is 1.86. The first-order valence-electron chi connectivity index (χ1n) is 8.70. The van der Waals surface area contributed by atoms with Crippen molar-refractivity contribution in [2.45, 2.75) is 61.3 Å². The second kappa shape index (κ2) is 10.1. The Morgan fingerprint density at radius 3 is 1.04 bits per heavy atom. The number of rotatable bonds is 10. The normalized spacial score (nSPS) is 15.4. The van der Waals surface area contributed by atoms with Gasteiger partial charge in [-0.05, 0) is 75.6 Å². The fourth-order valence-corrected chi connectivity index (χ4v) is 22.5. The van der Waals surface area contributed by atoms with E-state index in [0.717, 1.165) is 10.7 Å². The molecule has 0 aliphatic carbocycles. The van der Waals surface area contributed by atoms with Crippen LogP contribution in [0.3, 0.4) is 0 Å². The Bertz CT molecular complexity index is 389. The van der Waals surface area contributed by atoms with Gasteiger partial charge in [0.1, 0.15) is 0 Å². The van der Waals surface area contributed by atoms with E-state index >= 15 is 0 Å². The summed E-state index contributed by atoms with van der Waals surface area (Å²) in [6, 6.07) is 0. The SMILES string of the molecule is CC(C)C[P+](CC(C)C)(C(Br)(Br)C(C)(C)CBr)C(Br)(Br)C(C)(C)CBr. The van der Waals surface area contributed by atoms with Gasteiger partial charge in [-0.1, -0.05) is 87.2 Å². The molecule has 0 heterocycles. The average molecular weight is 761 g/mol. The maximum atomic E-state index is 4.26. The minimum Gasteiger partial charge on any atom is -0.0920 e. The van der Waals surface area contributed by atoms with E-state index in [4.69, 9.17) is 0 Å². The Morgan fingerprint density at radius 1 is 0.640 bits per heavy atom. The van der Waals surface area contributed by atoms with Crippen molar-refractivity contribution < 1.29 is 0 Å². The highest BCUT2D eigenvalue weighted by Gasteiger charge is 2.74. The molecule has 0 bridgehead atoms. The van der Waals surface area contributed by atoms with Gasteiger partial charge in [-0.25, -0.2) is 0 Å². The molecule has 7 heteroatoms. The molecule has 0 N–H and O–H groups in total. The van der Waals surface area contributed by atoms with Crippen molar-refractivity contribution in [1.82, 2.24) is 0 Å². The van der Waals surface area contributed by atoms with E-state index in [1.807, 2.05) is 0 Å². The second-order valence-corrected chi connectivity index (χ2v) is 23.7. The smallest absolute Gasteiger partial charge is 0.0920 e. The molecule has 0 aromatic heterocycles. The molecule has 0 aliphatic rings. The molecule has 0 aliphatic heterocycles. The molecule has 0 rings (SSSR count). The van der Waals surface area contributed by atoms with Crippen LogP contribution in [0.5, 0.6) is 0 Å². The molecule has 0 saturated heterocycles. The third kappa shape index (κ3) is 5.72. The summed E-state index contributed by atoms with van der Waals surface area (Å²) in [4.78, 5) is 0. The van der Waals surface area contributed by atoms with E-state index < -0.39 is 7.26 Å². The first-order valence-corrected chi connectivity index (χ1v) is 16.3. The maximum absolute atomic E-state index is 4.26. The highest BCUT2D eigenvalue weighted by Crippen LogP contribution is 2.91. The summed E-state index contributed by atoms with van der Waals surface area (Å²) >= 11 is 24.6. The van der Waals surface area contributed by atoms with E-state index in [-0.39, 0.29) is 16.8 Å². The molecular weight excluding hydrogens is 727 g/mol.